The average molecular weight is 220 g/mol. The predicted molar refractivity (Wildman–Crippen MR) is 45.9 cm³/mol. The summed E-state index contributed by atoms with van der Waals surface area (Å²) in [7, 11) is 0. The lowest BCUT2D eigenvalue weighted by Crippen LogP contribution is -2.20. The standard InChI is InChI=1S/C8H5F3NOS/c1-2-3-4-12-6(8(9,10)11)5-14-7(12)13/h4H2,1H3. The maximum atomic E-state index is 12.3. The Kier molecular flexibility index (Phi) is 3.01. The molecule has 0 saturated carbocycles. The van der Waals surface area contributed by atoms with Crippen molar-refractivity contribution < 1.29 is 13.2 Å². The Bertz CT molecular complexity index is 432. The van der Waals surface area contributed by atoms with Crippen LogP contribution in [0.2, 0.25) is 0 Å². The molecular weight excluding hydrogens is 215 g/mol. The van der Waals surface area contributed by atoms with Crippen molar-refractivity contribution in [3.8, 4) is 11.8 Å². The zero-order chi connectivity index (χ0) is 10.8. The van der Waals surface area contributed by atoms with Gasteiger partial charge in [0.2, 0.25) is 0 Å². The van der Waals surface area contributed by atoms with Crippen LogP contribution in [0.5, 0.6) is 0 Å². The molecule has 1 heterocycles. The van der Waals surface area contributed by atoms with Crippen molar-refractivity contribution in [3.05, 3.63) is 20.7 Å². The lowest BCUT2D eigenvalue weighted by molar-refractivity contribution is -0.143. The molecule has 0 aliphatic carbocycles. The average Bonchev–Trinajstić information content (AvgIpc) is 2.42. The Hall–Kier alpha value is -1.22. The van der Waals surface area contributed by atoms with Crippen molar-refractivity contribution in [3.63, 3.8) is 0 Å². The van der Waals surface area contributed by atoms with Gasteiger partial charge in [0.15, 0.2) is 0 Å². The topological polar surface area (TPSA) is 22.0 Å². The third kappa shape index (κ3) is 2.17. The van der Waals surface area contributed by atoms with Gasteiger partial charge in [0, 0.05) is 0 Å². The molecule has 0 aliphatic rings. The number of hydrogen-bond acceptors (Lipinski definition) is 2. The first-order valence-electron chi connectivity index (χ1n) is 3.55. The van der Waals surface area contributed by atoms with Crippen LogP contribution in [-0.2, 0) is 12.7 Å². The summed E-state index contributed by atoms with van der Waals surface area (Å²) in [5, 5.41) is 1.92. The molecule has 0 spiro atoms. The number of rotatable bonds is 1. The van der Waals surface area contributed by atoms with Crippen molar-refractivity contribution in [2.45, 2.75) is 19.6 Å². The highest BCUT2D eigenvalue weighted by atomic mass is 32.1. The van der Waals surface area contributed by atoms with Gasteiger partial charge in [-0.3, -0.25) is 9.36 Å². The Balaban J connectivity index is 3.17. The van der Waals surface area contributed by atoms with Gasteiger partial charge >= 0.3 is 11.0 Å². The van der Waals surface area contributed by atoms with E-state index in [0.29, 0.717) is 15.9 Å². The van der Waals surface area contributed by atoms with Gasteiger partial charge in [-0.05, 0) is 6.92 Å². The zero-order valence-corrected chi connectivity index (χ0v) is 7.92. The van der Waals surface area contributed by atoms with Gasteiger partial charge in [0.1, 0.15) is 5.69 Å². The van der Waals surface area contributed by atoms with E-state index in [1.807, 2.05) is 5.38 Å². The minimum Gasteiger partial charge on any atom is -0.282 e. The third-order valence-corrected chi connectivity index (χ3v) is 2.10. The minimum atomic E-state index is -4.55. The molecule has 0 saturated heterocycles. The first kappa shape index (κ1) is 10.9. The highest BCUT2D eigenvalue weighted by molar-refractivity contribution is 7.06. The fourth-order valence-electron chi connectivity index (χ4n) is 0.806. The Morgan fingerprint density at radius 3 is 2.71 bits per heavy atom. The molecule has 1 radical (unpaired) electrons. The SMILES string of the molecule is CC#CCn1c(C(F)(F)F)[c]sc1=O. The summed E-state index contributed by atoms with van der Waals surface area (Å²) in [5.74, 6) is 4.83. The van der Waals surface area contributed by atoms with Crippen LogP contribution in [0.1, 0.15) is 12.6 Å². The summed E-state index contributed by atoms with van der Waals surface area (Å²) < 4.78 is 37.3. The maximum absolute atomic E-state index is 12.3. The lowest BCUT2D eigenvalue weighted by atomic mass is 10.4. The minimum absolute atomic E-state index is 0.246. The molecule has 0 aliphatic heterocycles. The first-order chi connectivity index (χ1) is 6.46. The Morgan fingerprint density at radius 2 is 2.21 bits per heavy atom. The van der Waals surface area contributed by atoms with Crippen LogP contribution < -0.4 is 4.87 Å². The second-order valence-corrected chi connectivity index (χ2v) is 3.09. The summed E-state index contributed by atoms with van der Waals surface area (Å²) in [6.45, 7) is 1.25. The molecule has 1 aromatic rings. The first-order valence-corrected chi connectivity index (χ1v) is 4.36. The van der Waals surface area contributed by atoms with Gasteiger partial charge in [-0.2, -0.15) is 13.2 Å². The fourth-order valence-corrected chi connectivity index (χ4v) is 1.48. The van der Waals surface area contributed by atoms with Crippen LogP contribution in [0.15, 0.2) is 4.79 Å². The molecule has 0 amide bonds. The molecule has 1 aromatic heterocycles. The molecule has 0 atom stereocenters. The van der Waals surface area contributed by atoms with E-state index in [1.54, 1.807) is 0 Å². The molecule has 2 nitrogen and oxygen atoms in total. The molecule has 0 bridgehead atoms. The van der Waals surface area contributed by atoms with E-state index in [0.717, 1.165) is 0 Å². The van der Waals surface area contributed by atoms with E-state index >= 15 is 0 Å². The zero-order valence-electron chi connectivity index (χ0n) is 7.10. The van der Waals surface area contributed by atoms with E-state index in [9.17, 15) is 18.0 Å². The second-order valence-electron chi connectivity index (χ2n) is 2.33. The smallest absolute Gasteiger partial charge is 0.282 e. The van der Waals surface area contributed by atoms with E-state index < -0.39 is 16.7 Å². The Labute approximate surface area is 82.0 Å². The third-order valence-electron chi connectivity index (χ3n) is 1.41. The van der Waals surface area contributed by atoms with Crippen LogP contribution in [0, 0.1) is 17.2 Å². The van der Waals surface area contributed by atoms with E-state index in [1.165, 1.54) is 6.92 Å². The highest BCUT2D eigenvalue weighted by Crippen LogP contribution is 2.28. The fraction of sp³-hybridized carbons (Fsp3) is 0.375. The van der Waals surface area contributed by atoms with Crippen LogP contribution in [0.3, 0.4) is 0 Å². The molecule has 75 valence electrons. The van der Waals surface area contributed by atoms with Crippen LogP contribution in [0.4, 0.5) is 13.2 Å². The van der Waals surface area contributed by atoms with Crippen molar-refractivity contribution in [2.24, 2.45) is 0 Å². The van der Waals surface area contributed by atoms with Gasteiger partial charge in [-0.1, -0.05) is 17.3 Å². The quantitative estimate of drug-likeness (QED) is 0.661. The van der Waals surface area contributed by atoms with Crippen molar-refractivity contribution >= 4 is 11.3 Å². The number of halogens is 3. The van der Waals surface area contributed by atoms with Gasteiger partial charge in [0.25, 0.3) is 0 Å². The summed E-state index contributed by atoms with van der Waals surface area (Å²) in [5.41, 5.74) is -1.06. The molecule has 0 fully saturated rings. The lowest BCUT2D eigenvalue weighted by Gasteiger charge is -2.06. The van der Waals surface area contributed by atoms with Crippen LogP contribution in [0.25, 0.3) is 0 Å². The highest BCUT2D eigenvalue weighted by Gasteiger charge is 2.35. The summed E-state index contributed by atoms with van der Waals surface area (Å²) in [6, 6.07) is 0. The molecule has 1 rings (SSSR count). The molecule has 0 unspecified atom stereocenters. The molecule has 14 heavy (non-hydrogen) atoms. The number of aromatic nitrogens is 1. The van der Waals surface area contributed by atoms with Crippen molar-refractivity contribution in [1.29, 1.82) is 0 Å². The number of nitrogens with zero attached hydrogens (tertiary/aromatic N) is 1. The molecule has 0 aromatic carbocycles. The number of alkyl halides is 3. The number of hydrogen-bond donors (Lipinski definition) is 0. The van der Waals surface area contributed by atoms with E-state index in [2.05, 4.69) is 11.8 Å². The van der Waals surface area contributed by atoms with Gasteiger partial charge < -0.3 is 0 Å². The van der Waals surface area contributed by atoms with Crippen molar-refractivity contribution in [1.82, 2.24) is 4.57 Å². The summed E-state index contributed by atoms with van der Waals surface area (Å²) in [6.07, 6.45) is -4.55. The molecule has 0 N–H and O–H groups in total. The molecular formula is C8H5F3NOS. The maximum Gasteiger partial charge on any atom is 0.433 e. The summed E-state index contributed by atoms with van der Waals surface area (Å²) in [4.78, 5) is 10.3. The predicted octanol–water partition coefficient (Wildman–Crippen LogP) is 1.75. The normalized spacial score (nSPS) is 10.9. The van der Waals surface area contributed by atoms with Crippen LogP contribution >= 0.6 is 11.3 Å². The van der Waals surface area contributed by atoms with Gasteiger partial charge in [-0.25, -0.2) is 0 Å². The van der Waals surface area contributed by atoms with E-state index in [-0.39, 0.29) is 6.54 Å². The van der Waals surface area contributed by atoms with Crippen molar-refractivity contribution in [2.75, 3.05) is 0 Å². The Morgan fingerprint density at radius 1 is 1.57 bits per heavy atom. The summed E-state index contributed by atoms with van der Waals surface area (Å²) >= 11 is 0.403. The monoisotopic (exact) mass is 220 g/mol. The van der Waals surface area contributed by atoms with Crippen LogP contribution in [-0.4, -0.2) is 4.57 Å². The molecule has 6 heteroatoms. The second kappa shape index (κ2) is 3.88. The van der Waals surface area contributed by atoms with E-state index in [4.69, 9.17) is 0 Å². The largest absolute Gasteiger partial charge is 0.433 e. The van der Waals surface area contributed by atoms with Gasteiger partial charge in [-0.15, -0.1) is 5.92 Å². The number of thiazole rings is 1. The van der Waals surface area contributed by atoms with Gasteiger partial charge in [0.05, 0.1) is 11.9 Å².